The number of anilines is 1. The molecule has 2 aromatic heterocycles. The maximum Gasteiger partial charge on any atom is 0.170 e. The van der Waals surface area contributed by atoms with Crippen LogP contribution < -0.4 is 11.3 Å². The molecule has 0 spiro atoms. The first-order valence-corrected chi connectivity index (χ1v) is 5.12. The van der Waals surface area contributed by atoms with Crippen molar-refractivity contribution < 1.29 is 0 Å². The number of rotatable bonds is 2. The van der Waals surface area contributed by atoms with Crippen molar-refractivity contribution in [2.45, 2.75) is 0 Å². The minimum absolute atomic E-state index is 0.518. The average molecular weight is 226 g/mol. The highest BCUT2D eigenvalue weighted by atomic mass is 15.5. The molecule has 0 amide bonds. The van der Waals surface area contributed by atoms with Gasteiger partial charge in [0.25, 0.3) is 0 Å². The molecule has 0 fully saturated rings. The molecule has 0 aliphatic carbocycles. The standard InChI is InChI=1S/C11H10N6/c12-14-11-10-9(6-7-13-11)15-17(16-10)8-4-2-1-3-5-8/h1-7H,12H2,(H,13,14). The fraction of sp³-hybridized carbons (Fsp3) is 0. The van der Waals surface area contributed by atoms with E-state index in [-0.39, 0.29) is 0 Å². The Balaban J connectivity index is 2.20. The Morgan fingerprint density at radius 2 is 1.88 bits per heavy atom. The molecule has 0 aliphatic rings. The van der Waals surface area contributed by atoms with E-state index < -0.39 is 0 Å². The van der Waals surface area contributed by atoms with Crippen LogP contribution in [0, 0.1) is 0 Å². The number of nitrogens with zero attached hydrogens (tertiary/aromatic N) is 4. The lowest BCUT2D eigenvalue weighted by Crippen LogP contribution is -2.08. The molecule has 0 saturated carbocycles. The highest BCUT2D eigenvalue weighted by Gasteiger charge is 2.08. The number of hydrogen-bond acceptors (Lipinski definition) is 5. The average Bonchev–Trinajstić information content (AvgIpc) is 2.83. The van der Waals surface area contributed by atoms with Crippen molar-refractivity contribution >= 4 is 16.9 Å². The Bertz CT molecular complexity index is 645. The normalized spacial score (nSPS) is 10.6. The third kappa shape index (κ3) is 1.60. The molecule has 0 saturated heterocycles. The molecule has 6 heteroatoms. The van der Waals surface area contributed by atoms with Gasteiger partial charge in [0.05, 0.1) is 5.69 Å². The van der Waals surface area contributed by atoms with Crippen LogP contribution in [-0.2, 0) is 0 Å². The highest BCUT2D eigenvalue weighted by Crippen LogP contribution is 2.17. The van der Waals surface area contributed by atoms with E-state index in [1.165, 1.54) is 0 Å². The first kappa shape index (κ1) is 9.73. The van der Waals surface area contributed by atoms with E-state index in [0.29, 0.717) is 11.3 Å². The third-order valence-corrected chi connectivity index (χ3v) is 2.42. The quantitative estimate of drug-likeness (QED) is 0.505. The fourth-order valence-electron chi connectivity index (χ4n) is 1.62. The van der Waals surface area contributed by atoms with Gasteiger partial charge in [0.15, 0.2) is 11.3 Å². The van der Waals surface area contributed by atoms with Gasteiger partial charge in [-0.05, 0) is 18.2 Å². The van der Waals surface area contributed by atoms with Crippen molar-refractivity contribution in [3.05, 3.63) is 42.6 Å². The molecule has 1 aromatic carbocycles. The van der Waals surface area contributed by atoms with E-state index in [1.54, 1.807) is 17.1 Å². The molecule has 3 N–H and O–H groups in total. The van der Waals surface area contributed by atoms with E-state index >= 15 is 0 Å². The number of hydrazine groups is 1. The second-order valence-corrected chi connectivity index (χ2v) is 3.50. The zero-order valence-corrected chi connectivity index (χ0v) is 8.91. The van der Waals surface area contributed by atoms with Gasteiger partial charge in [0, 0.05) is 6.20 Å². The summed E-state index contributed by atoms with van der Waals surface area (Å²) in [5.74, 6) is 5.89. The Labute approximate surface area is 97.0 Å². The minimum Gasteiger partial charge on any atom is -0.307 e. The third-order valence-electron chi connectivity index (χ3n) is 2.42. The SMILES string of the molecule is NNc1nccc2nn(-c3ccccc3)nc12. The molecule has 0 radical (unpaired) electrons. The molecule has 0 atom stereocenters. The van der Waals surface area contributed by atoms with Gasteiger partial charge >= 0.3 is 0 Å². The maximum absolute atomic E-state index is 5.37. The summed E-state index contributed by atoms with van der Waals surface area (Å²) in [6, 6.07) is 11.5. The minimum atomic E-state index is 0.518. The van der Waals surface area contributed by atoms with Crippen molar-refractivity contribution in [3.8, 4) is 5.69 Å². The van der Waals surface area contributed by atoms with Crippen LogP contribution in [0.1, 0.15) is 0 Å². The van der Waals surface area contributed by atoms with Gasteiger partial charge in [-0.1, -0.05) is 18.2 Å². The summed E-state index contributed by atoms with van der Waals surface area (Å²) in [6.45, 7) is 0. The lowest BCUT2D eigenvalue weighted by atomic mass is 10.3. The number of para-hydroxylation sites is 1. The van der Waals surface area contributed by atoms with E-state index in [0.717, 1.165) is 11.2 Å². The second-order valence-electron chi connectivity index (χ2n) is 3.50. The van der Waals surface area contributed by atoms with Crippen molar-refractivity contribution in [3.63, 3.8) is 0 Å². The summed E-state index contributed by atoms with van der Waals surface area (Å²) < 4.78 is 0. The summed E-state index contributed by atoms with van der Waals surface area (Å²) in [4.78, 5) is 5.64. The number of hydrogen-bond donors (Lipinski definition) is 2. The van der Waals surface area contributed by atoms with Gasteiger partial charge in [-0.3, -0.25) is 0 Å². The second kappa shape index (κ2) is 3.84. The fourth-order valence-corrected chi connectivity index (χ4v) is 1.62. The Hall–Kier alpha value is -2.47. The molecule has 0 aliphatic heterocycles. The Morgan fingerprint density at radius 1 is 1.06 bits per heavy atom. The first-order chi connectivity index (χ1) is 8.38. The molecule has 6 nitrogen and oxygen atoms in total. The number of nitrogen functional groups attached to an aromatic ring is 1. The Kier molecular flexibility index (Phi) is 2.20. The van der Waals surface area contributed by atoms with Gasteiger partial charge < -0.3 is 5.43 Å². The Morgan fingerprint density at radius 3 is 2.65 bits per heavy atom. The lowest BCUT2D eigenvalue weighted by Gasteiger charge is -1.97. The summed E-state index contributed by atoms with van der Waals surface area (Å²) in [5.41, 5.74) is 4.80. The predicted octanol–water partition coefficient (Wildman–Crippen LogP) is 1.10. The van der Waals surface area contributed by atoms with E-state index in [4.69, 9.17) is 5.84 Å². The van der Waals surface area contributed by atoms with Crippen LogP contribution in [0.3, 0.4) is 0 Å². The van der Waals surface area contributed by atoms with Crippen molar-refractivity contribution in [2.75, 3.05) is 5.43 Å². The number of benzene rings is 1. The van der Waals surface area contributed by atoms with Crippen LogP contribution in [0.2, 0.25) is 0 Å². The number of pyridine rings is 1. The van der Waals surface area contributed by atoms with Crippen LogP contribution >= 0.6 is 0 Å². The summed E-state index contributed by atoms with van der Waals surface area (Å²) in [5, 5.41) is 8.72. The smallest absolute Gasteiger partial charge is 0.170 e. The van der Waals surface area contributed by atoms with E-state index in [2.05, 4.69) is 20.6 Å². The van der Waals surface area contributed by atoms with Crippen molar-refractivity contribution in [1.29, 1.82) is 0 Å². The topological polar surface area (TPSA) is 81.6 Å². The van der Waals surface area contributed by atoms with E-state index in [9.17, 15) is 0 Å². The molecule has 2 heterocycles. The van der Waals surface area contributed by atoms with Crippen LogP contribution in [0.4, 0.5) is 5.82 Å². The number of nitrogens with two attached hydrogens (primary N) is 1. The number of nitrogens with one attached hydrogen (secondary N) is 1. The van der Waals surface area contributed by atoms with Gasteiger partial charge in [0.1, 0.15) is 5.52 Å². The van der Waals surface area contributed by atoms with Crippen molar-refractivity contribution in [2.24, 2.45) is 5.84 Å². The molecule has 3 aromatic rings. The largest absolute Gasteiger partial charge is 0.307 e. The molecule has 17 heavy (non-hydrogen) atoms. The zero-order valence-electron chi connectivity index (χ0n) is 8.91. The summed E-state index contributed by atoms with van der Waals surface area (Å²) in [7, 11) is 0. The molecule has 0 bridgehead atoms. The maximum atomic E-state index is 5.37. The van der Waals surface area contributed by atoms with Gasteiger partial charge in [-0.25, -0.2) is 10.8 Å². The predicted molar refractivity (Wildman–Crippen MR) is 64.5 cm³/mol. The lowest BCUT2D eigenvalue weighted by molar-refractivity contribution is 0.765. The van der Waals surface area contributed by atoms with Crippen LogP contribution in [0.25, 0.3) is 16.7 Å². The van der Waals surface area contributed by atoms with E-state index in [1.807, 2.05) is 30.3 Å². The molecular formula is C11H10N6. The molecule has 3 rings (SSSR count). The summed E-state index contributed by atoms with van der Waals surface area (Å²) in [6.07, 6.45) is 1.64. The number of aromatic nitrogens is 4. The van der Waals surface area contributed by atoms with Gasteiger partial charge in [-0.15, -0.1) is 10.2 Å². The monoisotopic (exact) mass is 226 g/mol. The first-order valence-electron chi connectivity index (χ1n) is 5.12. The van der Waals surface area contributed by atoms with Gasteiger partial charge in [0.2, 0.25) is 0 Å². The molecular weight excluding hydrogens is 216 g/mol. The highest BCUT2D eigenvalue weighted by molar-refractivity contribution is 5.84. The summed E-state index contributed by atoms with van der Waals surface area (Å²) >= 11 is 0. The van der Waals surface area contributed by atoms with Crippen molar-refractivity contribution in [1.82, 2.24) is 20.0 Å². The molecule has 0 unspecified atom stereocenters. The van der Waals surface area contributed by atoms with Crippen LogP contribution in [-0.4, -0.2) is 20.0 Å². The number of fused-ring (bicyclic) bond motifs is 1. The van der Waals surface area contributed by atoms with Crippen LogP contribution in [0.5, 0.6) is 0 Å². The molecule has 84 valence electrons. The van der Waals surface area contributed by atoms with Crippen LogP contribution in [0.15, 0.2) is 42.6 Å². The zero-order chi connectivity index (χ0) is 11.7. The van der Waals surface area contributed by atoms with Gasteiger partial charge in [-0.2, -0.15) is 4.80 Å².